The lowest BCUT2D eigenvalue weighted by Crippen LogP contribution is -2.43. The molecule has 0 bridgehead atoms. The third-order valence-electron chi connectivity index (χ3n) is 6.14. The second-order valence-corrected chi connectivity index (χ2v) is 8.77. The van der Waals surface area contributed by atoms with Crippen LogP contribution in [0.1, 0.15) is 37.0 Å². The van der Waals surface area contributed by atoms with Crippen molar-refractivity contribution in [1.29, 1.82) is 0 Å². The van der Waals surface area contributed by atoms with Crippen molar-refractivity contribution < 1.29 is 14.4 Å². The van der Waals surface area contributed by atoms with E-state index < -0.39 is 17.5 Å². The largest absolute Gasteiger partial charge is 0.340 e. The summed E-state index contributed by atoms with van der Waals surface area (Å²) in [5.74, 6) is -0.766. The minimum atomic E-state index is -1.20. The first-order valence-electron chi connectivity index (χ1n) is 11.4. The molecule has 3 aromatic rings. The Morgan fingerprint density at radius 3 is 2.44 bits per heavy atom. The summed E-state index contributed by atoms with van der Waals surface area (Å²) in [6, 6.07) is 16.8. The molecule has 1 aliphatic heterocycles. The van der Waals surface area contributed by atoms with E-state index in [-0.39, 0.29) is 12.5 Å². The summed E-state index contributed by atoms with van der Waals surface area (Å²) < 4.78 is 1.74. The standard InChI is InChI=1S/C26H29N5O3/c1-4-8-19-11-13-21(14-12-19)26(2)24(33)30(25(34)28-26)18-23(32)29(3)16-20-15-27-31(17-20)22-9-6-5-7-10-22/h5-7,9-15,17H,4,8,16,18H2,1-3H3,(H,28,34). The van der Waals surface area contributed by atoms with Gasteiger partial charge in [-0.1, -0.05) is 55.8 Å². The van der Waals surface area contributed by atoms with Gasteiger partial charge in [0, 0.05) is 25.4 Å². The number of aryl methyl sites for hydroxylation is 1. The fourth-order valence-corrected chi connectivity index (χ4v) is 4.11. The molecule has 34 heavy (non-hydrogen) atoms. The third-order valence-corrected chi connectivity index (χ3v) is 6.14. The molecule has 1 fully saturated rings. The molecule has 0 saturated carbocycles. The topological polar surface area (TPSA) is 87.5 Å². The van der Waals surface area contributed by atoms with Gasteiger partial charge in [0.05, 0.1) is 11.9 Å². The van der Waals surface area contributed by atoms with Crippen LogP contribution in [0.3, 0.4) is 0 Å². The molecular formula is C26H29N5O3. The summed E-state index contributed by atoms with van der Waals surface area (Å²) >= 11 is 0. The Labute approximate surface area is 199 Å². The van der Waals surface area contributed by atoms with Gasteiger partial charge in [0.1, 0.15) is 12.1 Å². The summed E-state index contributed by atoms with van der Waals surface area (Å²) in [6.07, 6.45) is 5.53. The van der Waals surface area contributed by atoms with E-state index in [9.17, 15) is 14.4 Å². The maximum absolute atomic E-state index is 13.2. The number of hydrogen-bond donors (Lipinski definition) is 1. The van der Waals surface area contributed by atoms with Crippen LogP contribution in [0, 0.1) is 0 Å². The molecule has 1 N–H and O–H groups in total. The van der Waals surface area contributed by atoms with Crippen molar-refractivity contribution in [2.24, 2.45) is 0 Å². The highest BCUT2D eigenvalue weighted by molar-refractivity contribution is 6.09. The number of carbonyl (C=O) groups excluding carboxylic acids is 3. The van der Waals surface area contributed by atoms with Crippen LogP contribution in [0.5, 0.6) is 0 Å². The molecule has 2 heterocycles. The van der Waals surface area contributed by atoms with E-state index in [1.54, 1.807) is 24.9 Å². The first-order chi connectivity index (χ1) is 16.3. The van der Waals surface area contributed by atoms with Crippen LogP contribution in [0.25, 0.3) is 5.69 Å². The van der Waals surface area contributed by atoms with Crippen molar-refractivity contribution in [2.45, 2.75) is 38.8 Å². The number of amides is 4. The van der Waals surface area contributed by atoms with Crippen molar-refractivity contribution >= 4 is 17.8 Å². The Kier molecular flexibility index (Phi) is 6.49. The molecule has 8 heteroatoms. The Morgan fingerprint density at radius 1 is 1.06 bits per heavy atom. The second kappa shape index (κ2) is 9.51. The van der Waals surface area contributed by atoms with Crippen LogP contribution in [0.4, 0.5) is 4.79 Å². The Balaban J connectivity index is 1.41. The van der Waals surface area contributed by atoms with Gasteiger partial charge in [-0.2, -0.15) is 5.10 Å². The molecule has 1 aromatic heterocycles. The molecule has 176 valence electrons. The van der Waals surface area contributed by atoms with Gasteiger partial charge >= 0.3 is 6.03 Å². The first-order valence-corrected chi connectivity index (χ1v) is 11.4. The average Bonchev–Trinajstić information content (AvgIpc) is 3.39. The second-order valence-electron chi connectivity index (χ2n) is 8.77. The predicted octanol–water partition coefficient (Wildman–Crippen LogP) is 3.25. The van der Waals surface area contributed by atoms with Gasteiger partial charge in [0.25, 0.3) is 5.91 Å². The number of imide groups is 1. The van der Waals surface area contributed by atoms with E-state index in [0.717, 1.165) is 29.0 Å². The fourth-order valence-electron chi connectivity index (χ4n) is 4.11. The Bertz CT molecular complexity index is 1190. The third kappa shape index (κ3) is 4.57. The van der Waals surface area contributed by atoms with Crippen LogP contribution >= 0.6 is 0 Å². The van der Waals surface area contributed by atoms with Gasteiger partial charge in [-0.3, -0.25) is 14.5 Å². The minimum absolute atomic E-state index is 0.311. The van der Waals surface area contributed by atoms with E-state index in [1.165, 1.54) is 10.5 Å². The van der Waals surface area contributed by atoms with Gasteiger partial charge in [-0.15, -0.1) is 0 Å². The first kappa shape index (κ1) is 23.2. The number of aromatic nitrogens is 2. The number of nitrogens with zero attached hydrogens (tertiary/aromatic N) is 4. The van der Waals surface area contributed by atoms with Crippen molar-refractivity contribution in [2.75, 3.05) is 13.6 Å². The number of benzene rings is 2. The highest BCUT2D eigenvalue weighted by atomic mass is 16.2. The van der Waals surface area contributed by atoms with Crippen LogP contribution in [-0.2, 0) is 28.1 Å². The molecular weight excluding hydrogens is 430 g/mol. The highest BCUT2D eigenvalue weighted by Crippen LogP contribution is 2.29. The van der Waals surface area contributed by atoms with Crippen molar-refractivity contribution in [3.63, 3.8) is 0 Å². The number of hydrogen-bond acceptors (Lipinski definition) is 4. The quantitative estimate of drug-likeness (QED) is 0.524. The van der Waals surface area contributed by atoms with Gasteiger partial charge in [-0.25, -0.2) is 9.48 Å². The molecule has 0 aliphatic carbocycles. The summed E-state index contributed by atoms with van der Waals surface area (Å²) in [7, 11) is 1.65. The number of carbonyl (C=O) groups is 3. The van der Waals surface area contributed by atoms with Gasteiger partial charge in [0.2, 0.25) is 5.91 Å². The van der Waals surface area contributed by atoms with E-state index >= 15 is 0 Å². The Morgan fingerprint density at radius 2 is 1.76 bits per heavy atom. The van der Waals surface area contributed by atoms with E-state index in [2.05, 4.69) is 17.3 Å². The van der Waals surface area contributed by atoms with Crippen LogP contribution in [0.2, 0.25) is 0 Å². The Hall–Kier alpha value is -3.94. The molecule has 1 saturated heterocycles. The normalized spacial score (nSPS) is 17.7. The molecule has 4 rings (SSSR count). The number of para-hydroxylation sites is 1. The van der Waals surface area contributed by atoms with Gasteiger partial charge in [0.15, 0.2) is 0 Å². The maximum atomic E-state index is 13.2. The van der Waals surface area contributed by atoms with E-state index in [0.29, 0.717) is 12.1 Å². The molecule has 8 nitrogen and oxygen atoms in total. The summed E-state index contributed by atoms with van der Waals surface area (Å²) in [6.45, 7) is 3.77. The van der Waals surface area contributed by atoms with Crippen molar-refractivity contribution in [1.82, 2.24) is 24.9 Å². The predicted molar refractivity (Wildman–Crippen MR) is 128 cm³/mol. The summed E-state index contributed by atoms with van der Waals surface area (Å²) in [4.78, 5) is 41.2. The number of rotatable bonds is 8. The van der Waals surface area contributed by atoms with Gasteiger partial charge in [-0.05, 0) is 36.6 Å². The number of urea groups is 1. The monoisotopic (exact) mass is 459 g/mol. The average molecular weight is 460 g/mol. The lowest BCUT2D eigenvalue weighted by molar-refractivity contribution is -0.138. The SMILES string of the molecule is CCCc1ccc(C2(C)NC(=O)N(CC(=O)N(C)Cc3cnn(-c4ccccc4)c3)C2=O)cc1. The van der Waals surface area contributed by atoms with Crippen LogP contribution in [0.15, 0.2) is 67.0 Å². The number of likely N-dealkylation sites (N-methyl/N-ethyl adjacent to an activating group) is 1. The lowest BCUT2D eigenvalue weighted by Gasteiger charge is -2.23. The van der Waals surface area contributed by atoms with E-state index in [1.807, 2.05) is 60.8 Å². The zero-order valence-electron chi connectivity index (χ0n) is 19.7. The van der Waals surface area contributed by atoms with E-state index in [4.69, 9.17) is 0 Å². The fraction of sp³-hybridized carbons (Fsp3) is 0.308. The van der Waals surface area contributed by atoms with Crippen LogP contribution < -0.4 is 5.32 Å². The summed E-state index contributed by atoms with van der Waals surface area (Å²) in [5, 5.41) is 7.11. The van der Waals surface area contributed by atoms with Crippen molar-refractivity contribution in [3.05, 3.63) is 83.7 Å². The molecule has 1 unspecified atom stereocenters. The molecule has 0 radical (unpaired) electrons. The molecule has 1 aliphatic rings. The highest BCUT2D eigenvalue weighted by Gasteiger charge is 2.49. The van der Waals surface area contributed by atoms with Gasteiger partial charge < -0.3 is 10.2 Å². The number of nitrogens with one attached hydrogen (secondary N) is 1. The maximum Gasteiger partial charge on any atom is 0.325 e. The molecule has 4 amide bonds. The van der Waals surface area contributed by atoms with Crippen molar-refractivity contribution in [3.8, 4) is 5.69 Å². The minimum Gasteiger partial charge on any atom is -0.340 e. The zero-order chi connectivity index (χ0) is 24.3. The summed E-state index contributed by atoms with van der Waals surface area (Å²) in [5.41, 5.74) is 2.44. The molecule has 0 spiro atoms. The lowest BCUT2D eigenvalue weighted by atomic mass is 9.91. The smallest absolute Gasteiger partial charge is 0.325 e. The molecule has 2 aromatic carbocycles. The zero-order valence-corrected chi connectivity index (χ0v) is 19.7. The molecule has 1 atom stereocenters. The van der Waals surface area contributed by atoms with Crippen LogP contribution in [-0.4, -0.2) is 51.0 Å².